The number of aromatic nitrogens is 2. The summed E-state index contributed by atoms with van der Waals surface area (Å²) in [6.07, 6.45) is 0. The first-order chi connectivity index (χ1) is 11.7. The van der Waals surface area contributed by atoms with Crippen LogP contribution in [0.25, 0.3) is 11.4 Å². The zero-order valence-electron chi connectivity index (χ0n) is 13.4. The van der Waals surface area contributed by atoms with E-state index in [0.29, 0.717) is 23.0 Å². The van der Waals surface area contributed by atoms with Gasteiger partial charge >= 0.3 is 0 Å². The van der Waals surface area contributed by atoms with Crippen LogP contribution in [0.2, 0.25) is 0 Å². The SMILES string of the molecule is COc1cccc(C(=O)N[C@H](C)c2nc(-c3ccccc3)no2)c1. The lowest BCUT2D eigenvalue weighted by atomic mass is 10.2. The molecular weight excluding hydrogens is 306 g/mol. The molecular formula is C18H17N3O3. The Morgan fingerprint density at radius 3 is 2.71 bits per heavy atom. The maximum absolute atomic E-state index is 12.3. The largest absolute Gasteiger partial charge is 0.497 e. The van der Waals surface area contributed by atoms with Gasteiger partial charge in [-0.2, -0.15) is 4.98 Å². The average Bonchev–Trinajstić information content (AvgIpc) is 3.13. The highest BCUT2D eigenvalue weighted by Crippen LogP contribution is 2.19. The molecule has 2 aromatic carbocycles. The molecule has 0 spiro atoms. The quantitative estimate of drug-likeness (QED) is 0.780. The van der Waals surface area contributed by atoms with E-state index in [1.54, 1.807) is 38.3 Å². The molecule has 0 saturated heterocycles. The number of ether oxygens (including phenoxy) is 1. The molecule has 6 heteroatoms. The van der Waals surface area contributed by atoms with E-state index in [1.165, 1.54) is 0 Å². The number of carbonyl (C=O) groups excluding carboxylic acids is 1. The first-order valence-electron chi connectivity index (χ1n) is 7.51. The fourth-order valence-corrected chi connectivity index (χ4v) is 2.22. The van der Waals surface area contributed by atoms with Gasteiger partial charge in [-0.15, -0.1) is 0 Å². The molecule has 0 aliphatic rings. The standard InChI is InChI=1S/C18H17N3O3/c1-12(19-17(22)14-9-6-10-15(11-14)23-2)18-20-16(21-24-18)13-7-4-3-5-8-13/h3-12H,1-2H3,(H,19,22)/t12-/m1/s1. The molecule has 3 aromatic rings. The van der Waals surface area contributed by atoms with Gasteiger partial charge in [0.25, 0.3) is 5.91 Å². The number of hydrogen-bond acceptors (Lipinski definition) is 5. The van der Waals surface area contributed by atoms with Crippen molar-refractivity contribution in [1.82, 2.24) is 15.5 Å². The molecule has 0 aliphatic heterocycles. The number of nitrogens with zero attached hydrogens (tertiary/aromatic N) is 2. The summed E-state index contributed by atoms with van der Waals surface area (Å²) in [7, 11) is 1.56. The third-order valence-electron chi connectivity index (χ3n) is 3.52. The Balaban J connectivity index is 1.72. The van der Waals surface area contributed by atoms with Crippen molar-refractivity contribution in [1.29, 1.82) is 0 Å². The highest BCUT2D eigenvalue weighted by molar-refractivity contribution is 5.94. The molecule has 1 heterocycles. The third kappa shape index (κ3) is 3.43. The van der Waals surface area contributed by atoms with E-state index in [2.05, 4.69) is 15.5 Å². The highest BCUT2D eigenvalue weighted by atomic mass is 16.5. The van der Waals surface area contributed by atoms with Crippen molar-refractivity contribution in [3.8, 4) is 17.1 Å². The van der Waals surface area contributed by atoms with Gasteiger partial charge in [0.05, 0.1) is 7.11 Å². The van der Waals surface area contributed by atoms with Crippen LogP contribution in [0.1, 0.15) is 29.2 Å². The van der Waals surface area contributed by atoms with Gasteiger partial charge in [0, 0.05) is 11.1 Å². The fourth-order valence-electron chi connectivity index (χ4n) is 2.22. The van der Waals surface area contributed by atoms with Crippen LogP contribution in [-0.2, 0) is 0 Å². The molecule has 3 rings (SSSR count). The molecule has 0 bridgehead atoms. The Kier molecular flexibility index (Phi) is 4.56. The minimum Gasteiger partial charge on any atom is -0.497 e. The lowest BCUT2D eigenvalue weighted by Gasteiger charge is -2.10. The molecule has 1 N–H and O–H groups in total. The summed E-state index contributed by atoms with van der Waals surface area (Å²) in [5, 5.41) is 6.80. The van der Waals surface area contributed by atoms with Crippen LogP contribution in [0, 0.1) is 0 Å². The minimum atomic E-state index is -0.409. The Morgan fingerprint density at radius 2 is 1.96 bits per heavy atom. The summed E-state index contributed by atoms with van der Waals surface area (Å²) in [4.78, 5) is 16.7. The summed E-state index contributed by atoms with van der Waals surface area (Å²) in [5.41, 5.74) is 1.36. The number of carbonyl (C=O) groups is 1. The number of benzene rings is 2. The second-order valence-corrected chi connectivity index (χ2v) is 5.25. The predicted molar refractivity (Wildman–Crippen MR) is 88.6 cm³/mol. The van der Waals surface area contributed by atoms with E-state index < -0.39 is 6.04 Å². The molecule has 24 heavy (non-hydrogen) atoms. The van der Waals surface area contributed by atoms with Gasteiger partial charge in [-0.3, -0.25) is 4.79 Å². The smallest absolute Gasteiger partial charge is 0.252 e. The predicted octanol–water partition coefficient (Wildman–Crippen LogP) is 3.24. The van der Waals surface area contributed by atoms with Gasteiger partial charge in [0.15, 0.2) is 0 Å². The van der Waals surface area contributed by atoms with Crippen LogP contribution < -0.4 is 10.1 Å². The molecule has 0 aliphatic carbocycles. The molecule has 0 unspecified atom stereocenters. The maximum Gasteiger partial charge on any atom is 0.252 e. The van der Waals surface area contributed by atoms with Gasteiger partial charge in [-0.25, -0.2) is 0 Å². The fraction of sp³-hybridized carbons (Fsp3) is 0.167. The van der Waals surface area contributed by atoms with E-state index >= 15 is 0 Å². The Hall–Kier alpha value is -3.15. The summed E-state index contributed by atoms with van der Waals surface area (Å²) in [5.74, 6) is 1.23. The topological polar surface area (TPSA) is 77.2 Å². The molecule has 0 saturated carbocycles. The normalized spacial score (nSPS) is 11.8. The molecule has 1 aromatic heterocycles. The zero-order valence-corrected chi connectivity index (χ0v) is 13.4. The molecule has 1 atom stereocenters. The van der Waals surface area contributed by atoms with Crippen molar-refractivity contribution >= 4 is 5.91 Å². The van der Waals surface area contributed by atoms with Crippen molar-refractivity contribution in [2.75, 3.05) is 7.11 Å². The number of methoxy groups -OCH3 is 1. The third-order valence-corrected chi connectivity index (χ3v) is 3.52. The number of hydrogen-bond donors (Lipinski definition) is 1. The first-order valence-corrected chi connectivity index (χ1v) is 7.51. The van der Waals surface area contributed by atoms with Gasteiger partial charge in [-0.1, -0.05) is 41.6 Å². The average molecular weight is 323 g/mol. The van der Waals surface area contributed by atoms with E-state index in [0.717, 1.165) is 5.56 Å². The van der Waals surface area contributed by atoms with Gasteiger partial charge in [0.2, 0.25) is 11.7 Å². The van der Waals surface area contributed by atoms with Crippen molar-refractivity contribution in [3.05, 3.63) is 66.1 Å². The summed E-state index contributed by atoms with van der Waals surface area (Å²) < 4.78 is 10.4. The molecule has 122 valence electrons. The molecule has 6 nitrogen and oxygen atoms in total. The second-order valence-electron chi connectivity index (χ2n) is 5.25. The molecule has 0 radical (unpaired) electrons. The molecule has 1 amide bonds. The Bertz CT molecular complexity index is 830. The Labute approximate surface area is 139 Å². The molecule has 0 fully saturated rings. The van der Waals surface area contributed by atoms with Crippen molar-refractivity contribution in [2.45, 2.75) is 13.0 Å². The second kappa shape index (κ2) is 6.95. The van der Waals surface area contributed by atoms with Crippen LogP contribution in [0.4, 0.5) is 0 Å². The van der Waals surface area contributed by atoms with Gasteiger partial charge in [-0.05, 0) is 25.1 Å². The van der Waals surface area contributed by atoms with E-state index in [-0.39, 0.29) is 5.91 Å². The minimum absolute atomic E-state index is 0.235. The first kappa shape index (κ1) is 15.7. The number of rotatable bonds is 5. The van der Waals surface area contributed by atoms with Gasteiger partial charge in [0.1, 0.15) is 11.8 Å². The summed E-state index contributed by atoms with van der Waals surface area (Å²) in [6.45, 7) is 1.79. The van der Waals surface area contributed by atoms with E-state index in [9.17, 15) is 4.79 Å². The number of nitrogens with one attached hydrogen (secondary N) is 1. The summed E-state index contributed by atoms with van der Waals surface area (Å²) >= 11 is 0. The van der Waals surface area contributed by atoms with Gasteiger partial charge < -0.3 is 14.6 Å². The summed E-state index contributed by atoms with van der Waals surface area (Å²) in [6, 6.07) is 16.0. The Morgan fingerprint density at radius 1 is 1.17 bits per heavy atom. The van der Waals surface area contributed by atoms with Crippen LogP contribution in [0.15, 0.2) is 59.1 Å². The van der Waals surface area contributed by atoms with Crippen molar-refractivity contribution < 1.29 is 14.1 Å². The zero-order chi connectivity index (χ0) is 16.9. The van der Waals surface area contributed by atoms with Crippen LogP contribution >= 0.6 is 0 Å². The van der Waals surface area contributed by atoms with Crippen LogP contribution in [0.5, 0.6) is 5.75 Å². The van der Waals surface area contributed by atoms with E-state index in [4.69, 9.17) is 9.26 Å². The van der Waals surface area contributed by atoms with E-state index in [1.807, 2.05) is 30.3 Å². The lowest BCUT2D eigenvalue weighted by Crippen LogP contribution is -2.26. The van der Waals surface area contributed by atoms with Crippen LogP contribution in [-0.4, -0.2) is 23.2 Å². The number of amides is 1. The van der Waals surface area contributed by atoms with Crippen molar-refractivity contribution in [3.63, 3.8) is 0 Å². The highest BCUT2D eigenvalue weighted by Gasteiger charge is 2.18. The monoisotopic (exact) mass is 323 g/mol. The van der Waals surface area contributed by atoms with Crippen molar-refractivity contribution in [2.24, 2.45) is 0 Å². The maximum atomic E-state index is 12.3. The van der Waals surface area contributed by atoms with Crippen LogP contribution in [0.3, 0.4) is 0 Å². The lowest BCUT2D eigenvalue weighted by molar-refractivity contribution is 0.0932.